The third kappa shape index (κ3) is 4.58. The number of ketones is 1. The van der Waals surface area contributed by atoms with Crippen molar-refractivity contribution in [3.05, 3.63) is 116 Å². The van der Waals surface area contributed by atoms with Crippen molar-refractivity contribution in [3.63, 3.8) is 0 Å². The van der Waals surface area contributed by atoms with E-state index in [-0.39, 0.29) is 35.4 Å². The predicted octanol–water partition coefficient (Wildman–Crippen LogP) is 4.89. The molecule has 40 heavy (non-hydrogen) atoms. The van der Waals surface area contributed by atoms with Crippen LogP contribution < -0.4 is 0 Å². The molecule has 1 amide bonds. The molecule has 1 saturated carbocycles. The van der Waals surface area contributed by atoms with E-state index in [4.69, 9.17) is 27.9 Å². The fraction of sp³-hybridized carbons (Fsp3) is 0.241. The zero-order chi connectivity index (χ0) is 28.2. The summed E-state index contributed by atoms with van der Waals surface area (Å²) in [5, 5.41) is 15.6. The average Bonchev–Trinajstić information content (AvgIpc) is 3.43. The van der Waals surface area contributed by atoms with Crippen molar-refractivity contribution in [2.45, 2.75) is 30.7 Å². The summed E-state index contributed by atoms with van der Waals surface area (Å²) in [6.45, 7) is -0.222. The van der Waals surface area contributed by atoms with E-state index in [0.29, 0.717) is 34.1 Å². The molecule has 2 aliphatic rings. The minimum Gasteiger partial charge on any atom is -0.387 e. The zero-order valence-corrected chi connectivity index (χ0v) is 22.8. The van der Waals surface area contributed by atoms with E-state index in [1.165, 1.54) is 34.2 Å². The number of benzene rings is 2. The first kappa shape index (κ1) is 26.6. The van der Waals surface area contributed by atoms with Gasteiger partial charge in [-0.1, -0.05) is 35.3 Å². The van der Waals surface area contributed by atoms with Gasteiger partial charge in [-0.05, 0) is 49.2 Å². The largest absolute Gasteiger partial charge is 0.387 e. The molecule has 1 atom stereocenters. The van der Waals surface area contributed by atoms with E-state index < -0.39 is 28.8 Å². The van der Waals surface area contributed by atoms with Crippen LogP contribution in [0, 0.1) is 5.82 Å². The van der Waals surface area contributed by atoms with Gasteiger partial charge >= 0.3 is 0 Å². The molecule has 1 aliphatic carbocycles. The van der Waals surface area contributed by atoms with Crippen molar-refractivity contribution >= 4 is 34.9 Å². The van der Waals surface area contributed by atoms with Gasteiger partial charge in [-0.3, -0.25) is 24.2 Å². The summed E-state index contributed by atoms with van der Waals surface area (Å²) in [4.78, 5) is 33.1. The van der Waals surface area contributed by atoms with Crippen LogP contribution in [0.25, 0.3) is 0 Å². The van der Waals surface area contributed by atoms with Gasteiger partial charge in [0.2, 0.25) is 0 Å². The number of rotatable bonds is 8. The Hall–Kier alpha value is -3.63. The predicted molar refractivity (Wildman–Crippen MR) is 145 cm³/mol. The Labute approximate surface area is 238 Å². The molecule has 3 heterocycles. The molecule has 0 radical (unpaired) electrons. The van der Waals surface area contributed by atoms with Gasteiger partial charge in [0.1, 0.15) is 5.82 Å². The summed E-state index contributed by atoms with van der Waals surface area (Å²) in [7, 11) is 1.66. The van der Waals surface area contributed by atoms with Crippen LogP contribution >= 0.6 is 23.2 Å². The Bertz CT molecular complexity index is 1640. The molecule has 1 N–H and O–H groups in total. The molecule has 0 bridgehead atoms. The second-order valence-electron chi connectivity index (χ2n) is 10.1. The summed E-state index contributed by atoms with van der Waals surface area (Å²) < 4.78 is 24.2. The lowest BCUT2D eigenvalue weighted by atomic mass is 9.90. The van der Waals surface area contributed by atoms with Crippen LogP contribution in [0.2, 0.25) is 10.0 Å². The fourth-order valence-corrected chi connectivity index (χ4v) is 5.20. The van der Waals surface area contributed by atoms with E-state index in [1.54, 1.807) is 43.4 Å². The Balaban J connectivity index is 1.55. The monoisotopic (exact) mass is 580 g/mol. The Morgan fingerprint density at radius 3 is 2.42 bits per heavy atom. The molecule has 1 unspecified atom stereocenters. The fourth-order valence-electron chi connectivity index (χ4n) is 4.96. The second-order valence-corrected chi connectivity index (χ2v) is 11.0. The maximum atomic E-state index is 16.3. The minimum atomic E-state index is -1.78. The maximum Gasteiger partial charge on any atom is 0.257 e. The summed E-state index contributed by atoms with van der Waals surface area (Å²) in [6.07, 6.45) is 5.39. The topological polar surface area (TPSA) is 97.6 Å². The van der Waals surface area contributed by atoms with E-state index in [0.717, 1.165) is 6.07 Å². The molecule has 4 aromatic rings. The number of hydrogen-bond donors (Lipinski definition) is 1. The molecule has 1 fully saturated rings. The van der Waals surface area contributed by atoms with Gasteiger partial charge in [0.05, 0.1) is 52.4 Å². The number of pyridine rings is 1. The van der Waals surface area contributed by atoms with E-state index >= 15 is 4.39 Å². The van der Waals surface area contributed by atoms with Crippen LogP contribution in [0.4, 0.5) is 4.39 Å². The molecule has 11 heteroatoms. The number of aryl methyl sites for hydroxylation is 1. The third-order valence-corrected chi connectivity index (χ3v) is 7.71. The number of carbonyl (C=O) groups is 2. The smallest absolute Gasteiger partial charge is 0.257 e. The molecule has 0 saturated heterocycles. The highest BCUT2D eigenvalue weighted by Crippen LogP contribution is 2.49. The molecular weight excluding hydrogens is 558 g/mol. The van der Waals surface area contributed by atoms with Gasteiger partial charge in [0.15, 0.2) is 11.5 Å². The molecule has 2 aromatic heterocycles. The highest BCUT2D eigenvalue weighted by Gasteiger charge is 2.56. The SMILES string of the molecule is Cn1cc(C(=O)c2cc(F)c3c(c2)C(=O)N(Cc2ccc(Cl)cn2)C3(OCC2(O)CC2)c2ccc(Cl)cc2)cn1. The lowest BCUT2D eigenvalue weighted by Gasteiger charge is -2.40. The standard InChI is InChI=1S/C29H23Cl2FN4O4/c1-35-14-18(12-34-35)26(37)17-10-23-25(24(32)11-17)29(40-16-28(39)8-9-28,19-2-4-20(30)5-3-19)36(27(23)38)15-22-7-6-21(31)13-33-22/h2-7,10-14,39H,8-9,15-16H2,1H3. The summed E-state index contributed by atoms with van der Waals surface area (Å²) in [5.41, 5.74) is -1.80. The van der Waals surface area contributed by atoms with Crippen LogP contribution in [-0.4, -0.2) is 48.7 Å². The first-order valence-electron chi connectivity index (χ1n) is 12.5. The normalized spacial score (nSPS) is 19.1. The molecule has 1 aliphatic heterocycles. The van der Waals surface area contributed by atoms with Crippen molar-refractivity contribution in [2.75, 3.05) is 6.61 Å². The third-order valence-electron chi connectivity index (χ3n) is 7.24. The number of nitrogens with zero attached hydrogens (tertiary/aromatic N) is 4. The summed E-state index contributed by atoms with van der Waals surface area (Å²) >= 11 is 12.2. The average molecular weight is 581 g/mol. The number of halogens is 3. The van der Waals surface area contributed by atoms with Gasteiger partial charge in [-0.2, -0.15) is 5.10 Å². The molecule has 6 rings (SSSR count). The Morgan fingerprint density at radius 1 is 1.07 bits per heavy atom. The van der Waals surface area contributed by atoms with Gasteiger partial charge in [-0.15, -0.1) is 0 Å². The second kappa shape index (κ2) is 9.78. The van der Waals surface area contributed by atoms with Gasteiger partial charge < -0.3 is 9.84 Å². The van der Waals surface area contributed by atoms with Crippen molar-refractivity contribution in [3.8, 4) is 0 Å². The van der Waals surface area contributed by atoms with Gasteiger partial charge in [0, 0.05) is 35.6 Å². The minimum absolute atomic E-state index is 0.00473. The van der Waals surface area contributed by atoms with Crippen molar-refractivity contribution in [1.29, 1.82) is 0 Å². The van der Waals surface area contributed by atoms with E-state index in [1.807, 2.05) is 0 Å². The number of fused-ring (bicyclic) bond motifs is 1. The lowest BCUT2D eigenvalue weighted by Crippen LogP contribution is -2.48. The number of amides is 1. The summed E-state index contributed by atoms with van der Waals surface area (Å²) in [5.74, 6) is -1.85. The van der Waals surface area contributed by atoms with Crippen LogP contribution in [0.1, 0.15) is 55.9 Å². The lowest BCUT2D eigenvalue weighted by molar-refractivity contribution is -0.139. The molecule has 0 spiro atoms. The van der Waals surface area contributed by atoms with Crippen LogP contribution in [0.3, 0.4) is 0 Å². The first-order chi connectivity index (χ1) is 19.1. The highest BCUT2D eigenvalue weighted by atomic mass is 35.5. The molecular formula is C29H23Cl2FN4O4. The number of aromatic nitrogens is 3. The van der Waals surface area contributed by atoms with Gasteiger partial charge in [-0.25, -0.2) is 4.39 Å². The van der Waals surface area contributed by atoms with Crippen LogP contribution in [0.15, 0.2) is 67.1 Å². The summed E-state index contributed by atoms with van der Waals surface area (Å²) in [6, 6.07) is 12.3. The van der Waals surface area contributed by atoms with Crippen LogP contribution in [-0.2, 0) is 24.1 Å². The number of ether oxygens (including phenoxy) is 1. The highest BCUT2D eigenvalue weighted by molar-refractivity contribution is 6.30. The first-order valence-corrected chi connectivity index (χ1v) is 13.3. The van der Waals surface area contributed by atoms with E-state index in [2.05, 4.69) is 10.1 Å². The molecule has 2 aromatic carbocycles. The quantitative estimate of drug-likeness (QED) is 0.298. The number of hydrogen-bond acceptors (Lipinski definition) is 6. The van der Waals surface area contributed by atoms with Gasteiger partial charge in [0.25, 0.3) is 5.91 Å². The van der Waals surface area contributed by atoms with Crippen molar-refractivity contribution in [2.24, 2.45) is 7.05 Å². The number of carbonyl (C=O) groups excluding carboxylic acids is 2. The number of aliphatic hydroxyl groups is 1. The van der Waals surface area contributed by atoms with E-state index in [9.17, 15) is 14.7 Å². The Morgan fingerprint density at radius 2 is 1.80 bits per heavy atom. The zero-order valence-electron chi connectivity index (χ0n) is 21.3. The Kier molecular flexibility index (Phi) is 6.50. The van der Waals surface area contributed by atoms with Crippen molar-refractivity contribution in [1.82, 2.24) is 19.7 Å². The molecule has 204 valence electrons. The maximum absolute atomic E-state index is 16.3. The molecule has 8 nitrogen and oxygen atoms in total. The van der Waals surface area contributed by atoms with Crippen LogP contribution in [0.5, 0.6) is 0 Å². The van der Waals surface area contributed by atoms with Crippen molar-refractivity contribution < 1.29 is 23.8 Å².